The van der Waals surface area contributed by atoms with Crippen molar-refractivity contribution in [1.29, 1.82) is 0 Å². The highest BCUT2D eigenvalue weighted by Crippen LogP contribution is 2.22. The second-order valence-corrected chi connectivity index (χ2v) is 3.07. The molecule has 1 aromatic carbocycles. The van der Waals surface area contributed by atoms with Crippen LogP contribution in [0, 0.1) is 5.82 Å². The number of nitrogens with one attached hydrogen (secondary N) is 2. The summed E-state index contributed by atoms with van der Waals surface area (Å²) in [6.07, 6.45) is 0. The lowest BCUT2D eigenvalue weighted by molar-refractivity contribution is 0.633. The van der Waals surface area contributed by atoms with Crippen molar-refractivity contribution in [2.45, 2.75) is 0 Å². The fraction of sp³-hybridized carbons (Fsp3) is 0.250. The van der Waals surface area contributed by atoms with E-state index in [1.165, 1.54) is 6.07 Å². The number of hydrogen-bond donors (Lipinski definition) is 2. The van der Waals surface area contributed by atoms with Gasteiger partial charge in [0.05, 0.1) is 5.69 Å². The standard InChI is InChI=1S/C8H12FN2P/c1-10-6-3-4-7(9)8(5-6)11-12-2/h3-5,10-12H,1-2H3. The molecular formula is C8H12FN2P. The van der Waals surface area contributed by atoms with E-state index in [1.54, 1.807) is 12.1 Å². The zero-order chi connectivity index (χ0) is 8.97. The normalized spacial score (nSPS) is 10.6. The third-order valence-corrected chi connectivity index (χ3v) is 2.03. The predicted octanol–water partition coefficient (Wildman–Crippen LogP) is 2.50. The Kier molecular flexibility index (Phi) is 3.30. The predicted molar refractivity (Wildman–Crippen MR) is 53.8 cm³/mol. The summed E-state index contributed by atoms with van der Waals surface area (Å²) in [6.45, 7) is 1.96. The first-order valence-corrected chi connectivity index (χ1v) is 5.18. The van der Waals surface area contributed by atoms with Gasteiger partial charge >= 0.3 is 0 Å². The van der Waals surface area contributed by atoms with Gasteiger partial charge in [-0.1, -0.05) is 0 Å². The Morgan fingerprint density at radius 3 is 2.75 bits per heavy atom. The van der Waals surface area contributed by atoms with E-state index in [0.29, 0.717) is 14.4 Å². The van der Waals surface area contributed by atoms with E-state index in [9.17, 15) is 4.39 Å². The summed E-state index contributed by atoms with van der Waals surface area (Å²) < 4.78 is 13.0. The van der Waals surface area contributed by atoms with Gasteiger partial charge in [0.1, 0.15) is 5.82 Å². The van der Waals surface area contributed by atoms with Crippen molar-refractivity contribution >= 4 is 20.1 Å². The molecular weight excluding hydrogens is 174 g/mol. The Morgan fingerprint density at radius 1 is 1.42 bits per heavy atom. The lowest BCUT2D eigenvalue weighted by atomic mass is 10.3. The summed E-state index contributed by atoms with van der Waals surface area (Å²) in [5.41, 5.74) is 1.47. The molecule has 0 heterocycles. The third-order valence-electron chi connectivity index (χ3n) is 1.51. The van der Waals surface area contributed by atoms with Gasteiger partial charge in [-0.15, -0.1) is 0 Å². The summed E-state index contributed by atoms with van der Waals surface area (Å²) >= 11 is 0. The minimum atomic E-state index is -0.205. The van der Waals surface area contributed by atoms with Crippen molar-refractivity contribution in [3.8, 4) is 0 Å². The Labute approximate surface area is 73.4 Å². The highest BCUT2D eigenvalue weighted by Gasteiger charge is 2.00. The van der Waals surface area contributed by atoms with Crippen molar-refractivity contribution in [2.75, 3.05) is 24.1 Å². The smallest absolute Gasteiger partial charge is 0.146 e. The van der Waals surface area contributed by atoms with Gasteiger partial charge in [-0.2, -0.15) is 0 Å². The van der Waals surface area contributed by atoms with Gasteiger partial charge in [-0.25, -0.2) is 4.39 Å². The van der Waals surface area contributed by atoms with Crippen LogP contribution in [0.2, 0.25) is 0 Å². The summed E-state index contributed by atoms with van der Waals surface area (Å²) in [5, 5.41) is 5.91. The third kappa shape index (κ3) is 2.08. The number of hydrogen-bond acceptors (Lipinski definition) is 2. The monoisotopic (exact) mass is 186 g/mol. The van der Waals surface area contributed by atoms with Gasteiger partial charge < -0.3 is 10.4 Å². The molecule has 1 unspecified atom stereocenters. The zero-order valence-corrected chi connectivity index (χ0v) is 8.11. The van der Waals surface area contributed by atoms with E-state index < -0.39 is 0 Å². The first-order valence-electron chi connectivity index (χ1n) is 3.68. The van der Waals surface area contributed by atoms with Gasteiger partial charge in [0, 0.05) is 12.7 Å². The average Bonchev–Trinajstić information content (AvgIpc) is 2.09. The molecule has 0 aliphatic carbocycles. The van der Waals surface area contributed by atoms with Crippen LogP contribution in [0.4, 0.5) is 15.8 Å². The molecule has 0 radical (unpaired) electrons. The number of halogens is 1. The molecule has 0 amide bonds. The SMILES string of the molecule is CNc1ccc(F)c(NPC)c1. The molecule has 1 atom stereocenters. The molecule has 0 spiro atoms. The van der Waals surface area contributed by atoms with Crippen molar-refractivity contribution in [3.63, 3.8) is 0 Å². The fourth-order valence-corrected chi connectivity index (χ4v) is 1.37. The Bertz CT molecular complexity index is 265. The largest absolute Gasteiger partial charge is 0.388 e. The summed E-state index contributed by atoms with van der Waals surface area (Å²) in [5.74, 6) is -0.205. The van der Waals surface area contributed by atoms with Crippen molar-refractivity contribution < 1.29 is 4.39 Å². The molecule has 0 saturated carbocycles. The average molecular weight is 186 g/mol. The van der Waals surface area contributed by atoms with E-state index in [4.69, 9.17) is 0 Å². The molecule has 2 N–H and O–H groups in total. The molecule has 0 saturated heterocycles. The molecule has 0 aliphatic heterocycles. The van der Waals surface area contributed by atoms with Gasteiger partial charge in [0.15, 0.2) is 0 Å². The van der Waals surface area contributed by atoms with E-state index >= 15 is 0 Å². The van der Waals surface area contributed by atoms with Crippen LogP contribution in [0.25, 0.3) is 0 Å². The van der Waals surface area contributed by atoms with Gasteiger partial charge in [-0.3, -0.25) is 0 Å². The quantitative estimate of drug-likeness (QED) is 0.708. The lowest BCUT2D eigenvalue weighted by Gasteiger charge is -2.06. The lowest BCUT2D eigenvalue weighted by Crippen LogP contribution is -1.92. The summed E-state index contributed by atoms with van der Waals surface area (Å²) in [7, 11) is 2.32. The first kappa shape index (κ1) is 9.27. The molecule has 0 bridgehead atoms. The molecule has 66 valence electrons. The molecule has 2 nitrogen and oxygen atoms in total. The summed E-state index contributed by atoms with van der Waals surface area (Å²) in [4.78, 5) is 0. The van der Waals surface area contributed by atoms with Gasteiger partial charge in [0.25, 0.3) is 0 Å². The molecule has 12 heavy (non-hydrogen) atoms. The van der Waals surface area contributed by atoms with E-state index in [0.717, 1.165) is 5.69 Å². The Balaban J connectivity index is 2.91. The van der Waals surface area contributed by atoms with Crippen LogP contribution in [-0.4, -0.2) is 13.7 Å². The van der Waals surface area contributed by atoms with Crippen LogP contribution in [0.3, 0.4) is 0 Å². The van der Waals surface area contributed by atoms with Crippen LogP contribution in [0.5, 0.6) is 0 Å². The fourth-order valence-electron chi connectivity index (χ4n) is 0.911. The second kappa shape index (κ2) is 4.27. The zero-order valence-electron chi connectivity index (χ0n) is 7.11. The van der Waals surface area contributed by atoms with Crippen molar-refractivity contribution in [3.05, 3.63) is 24.0 Å². The van der Waals surface area contributed by atoms with E-state index in [2.05, 4.69) is 10.4 Å². The molecule has 0 aromatic heterocycles. The van der Waals surface area contributed by atoms with Crippen LogP contribution in [0.15, 0.2) is 18.2 Å². The van der Waals surface area contributed by atoms with E-state index in [1.807, 2.05) is 13.7 Å². The van der Waals surface area contributed by atoms with E-state index in [-0.39, 0.29) is 5.82 Å². The van der Waals surface area contributed by atoms with Crippen LogP contribution >= 0.6 is 8.73 Å². The Hall–Kier alpha value is -0.820. The number of rotatable bonds is 3. The maximum absolute atomic E-state index is 13.0. The highest BCUT2D eigenvalue weighted by atomic mass is 31.1. The highest BCUT2D eigenvalue weighted by molar-refractivity contribution is 7.38. The molecule has 0 aliphatic rings. The van der Waals surface area contributed by atoms with Gasteiger partial charge in [-0.05, 0) is 33.6 Å². The topological polar surface area (TPSA) is 24.1 Å². The molecule has 4 heteroatoms. The minimum Gasteiger partial charge on any atom is -0.388 e. The Morgan fingerprint density at radius 2 is 2.17 bits per heavy atom. The van der Waals surface area contributed by atoms with Crippen molar-refractivity contribution in [1.82, 2.24) is 0 Å². The maximum atomic E-state index is 13.0. The molecule has 1 aromatic rings. The second-order valence-electron chi connectivity index (χ2n) is 2.32. The molecule has 0 fully saturated rings. The first-order chi connectivity index (χ1) is 5.77. The maximum Gasteiger partial charge on any atom is 0.146 e. The number of anilines is 2. The van der Waals surface area contributed by atoms with Gasteiger partial charge in [0.2, 0.25) is 0 Å². The molecule has 1 rings (SSSR count). The van der Waals surface area contributed by atoms with Crippen molar-refractivity contribution in [2.24, 2.45) is 0 Å². The van der Waals surface area contributed by atoms with Crippen LogP contribution < -0.4 is 10.4 Å². The summed E-state index contributed by atoms with van der Waals surface area (Å²) in [6, 6.07) is 4.92. The minimum absolute atomic E-state index is 0.205. The number of benzene rings is 1. The van der Waals surface area contributed by atoms with Crippen LogP contribution in [-0.2, 0) is 0 Å². The van der Waals surface area contributed by atoms with Crippen LogP contribution in [0.1, 0.15) is 0 Å².